The van der Waals surface area contributed by atoms with Crippen LogP contribution in [-0.4, -0.2) is 31.6 Å². The summed E-state index contributed by atoms with van der Waals surface area (Å²) in [4.78, 5) is 13.9. The maximum absolute atomic E-state index is 12.1. The zero-order chi connectivity index (χ0) is 13.8. The van der Waals surface area contributed by atoms with Crippen LogP contribution in [0, 0.1) is 0 Å². The van der Waals surface area contributed by atoms with Crippen molar-refractivity contribution in [3.05, 3.63) is 29.5 Å². The molecule has 0 saturated heterocycles. The Bertz CT molecular complexity index is 508. The van der Waals surface area contributed by atoms with Gasteiger partial charge in [0.1, 0.15) is 0 Å². The van der Waals surface area contributed by atoms with Crippen LogP contribution in [0.2, 0.25) is 0 Å². The molecule has 0 N–H and O–H groups in total. The lowest BCUT2D eigenvalue weighted by Gasteiger charge is -2.15. The molecule has 2 rings (SSSR count). The monoisotopic (exact) mass is 261 g/mol. The lowest BCUT2D eigenvalue weighted by atomic mass is 10.0. The molecule has 1 amide bonds. The third-order valence-corrected chi connectivity index (χ3v) is 3.21. The Morgan fingerprint density at radius 1 is 1.21 bits per heavy atom. The molecule has 0 unspecified atom stereocenters. The number of ether oxygens (including phenoxy) is 2. The first-order chi connectivity index (χ1) is 9.19. The number of methoxy groups -OCH3 is 2. The standard InChI is InChI=1S/C15H19NO3/c1-4-6-16-7-5-11-8-13(18-2)14(19-3)9-12(11)10-15(16)17/h5,7-9H,4,6,10H2,1-3H3. The predicted molar refractivity (Wildman–Crippen MR) is 74.3 cm³/mol. The Morgan fingerprint density at radius 3 is 2.53 bits per heavy atom. The molecule has 0 saturated carbocycles. The van der Waals surface area contributed by atoms with E-state index in [1.165, 1.54) is 0 Å². The largest absolute Gasteiger partial charge is 0.493 e. The number of amides is 1. The molecule has 19 heavy (non-hydrogen) atoms. The van der Waals surface area contributed by atoms with Crippen molar-refractivity contribution in [1.29, 1.82) is 0 Å². The molecule has 1 aromatic carbocycles. The predicted octanol–water partition coefficient (Wildman–Crippen LogP) is 2.47. The number of rotatable bonds is 4. The molecule has 1 aromatic rings. The van der Waals surface area contributed by atoms with Gasteiger partial charge in [-0.15, -0.1) is 0 Å². The highest BCUT2D eigenvalue weighted by Gasteiger charge is 2.18. The Balaban J connectivity index is 2.39. The summed E-state index contributed by atoms with van der Waals surface area (Å²) in [7, 11) is 3.21. The average Bonchev–Trinajstić information content (AvgIpc) is 2.57. The minimum absolute atomic E-state index is 0.115. The summed E-state index contributed by atoms with van der Waals surface area (Å²) in [5, 5.41) is 0. The summed E-state index contributed by atoms with van der Waals surface area (Å²) >= 11 is 0. The lowest BCUT2D eigenvalue weighted by molar-refractivity contribution is -0.127. The summed E-state index contributed by atoms with van der Waals surface area (Å²) in [5.74, 6) is 1.46. The van der Waals surface area contributed by atoms with E-state index in [9.17, 15) is 4.79 Å². The highest BCUT2D eigenvalue weighted by atomic mass is 16.5. The first-order valence-electron chi connectivity index (χ1n) is 6.42. The number of nitrogens with zero attached hydrogens (tertiary/aromatic N) is 1. The van der Waals surface area contributed by atoms with Gasteiger partial charge >= 0.3 is 0 Å². The Labute approximate surface area is 113 Å². The number of hydrogen-bond donors (Lipinski definition) is 0. The fourth-order valence-corrected chi connectivity index (χ4v) is 2.20. The second kappa shape index (κ2) is 5.78. The number of carbonyl (C=O) groups excluding carboxylic acids is 1. The zero-order valence-corrected chi connectivity index (χ0v) is 11.6. The van der Waals surface area contributed by atoms with Gasteiger partial charge in [0.25, 0.3) is 0 Å². The lowest BCUT2D eigenvalue weighted by Crippen LogP contribution is -2.26. The molecule has 4 nitrogen and oxygen atoms in total. The fourth-order valence-electron chi connectivity index (χ4n) is 2.20. The molecule has 1 aliphatic rings. The maximum Gasteiger partial charge on any atom is 0.230 e. The molecule has 0 atom stereocenters. The van der Waals surface area contributed by atoms with Gasteiger partial charge in [-0.05, 0) is 35.8 Å². The molecule has 0 radical (unpaired) electrons. The first-order valence-corrected chi connectivity index (χ1v) is 6.42. The van der Waals surface area contributed by atoms with Gasteiger partial charge in [0.05, 0.1) is 20.6 Å². The van der Waals surface area contributed by atoms with E-state index in [1.54, 1.807) is 19.1 Å². The molecular weight excluding hydrogens is 242 g/mol. The van der Waals surface area contributed by atoms with Gasteiger partial charge in [-0.25, -0.2) is 0 Å². The van der Waals surface area contributed by atoms with Crippen molar-refractivity contribution in [2.45, 2.75) is 19.8 Å². The third kappa shape index (κ3) is 2.72. The molecule has 4 heteroatoms. The van der Waals surface area contributed by atoms with E-state index in [-0.39, 0.29) is 5.91 Å². The van der Waals surface area contributed by atoms with Crippen molar-refractivity contribution >= 4 is 12.0 Å². The van der Waals surface area contributed by atoms with Crippen molar-refractivity contribution in [2.75, 3.05) is 20.8 Å². The van der Waals surface area contributed by atoms with E-state index < -0.39 is 0 Å². The van der Waals surface area contributed by atoms with E-state index in [0.29, 0.717) is 17.9 Å². The van der Waals surface area contributed by atoms with Crippen LogP contribution in [0.3, 0.4) is 0 Å². The first kappa shape index (κ1) is 13.5. The smallest absolute Gasteiger partial charge is 0.230 e. The minimum atomic E-state index is 0.115. The third-order valence-electron chi connectivity index (χ3n) is 3.21. The number of carbonyl (C=O) groups is 1. The number of hydrogen-bond acceptors (Lipinski definition) is 3. The molecule has 0 aliphatic carbocycles. The fraction of sp³-hybridized carbons (Fsp3) is 0.400. The van der Waals surface area contributed by atoms with Crippen LogP contribution in [0.5, 0.6) is 11.5 Å². The second-order valence-corrected chi connectivity index (χ2v) is 4.49. The van der Waals surface area contributed by atoms with Gasteiger partial charge in [-0.2, -0.15) is 0 Å². The molecule has 0 aromatic heterocycles. The van der Waals surface area contributed by atoms with Crippen molar-refractivity contribution in [2.24, 2.45) is 0 Å². The van der Waals surface area contributed by atoms with Crippen molar-refractivity contribution in [3.63, 3.8) is 0 Å². The topological polar surface area (TPSA) is 38.8 Å². The van der Waals surface area contributed by atoms with Gasteiger partial charge in [-0.3, -0.25) is 4.79 Å². The zero-order valence-electron chi connectivity index (χ0n) is 11.6. The van der Waals surface area contributed by atoms with E-state index in [0.717, 1.165) is 24.1 Å². The van der Waals surface area contributed by atoms with Crippen molar-refractivity contribution < 1.29 is 14.3 Å². The normalized spacial score (nSPS) is 14.1. The summed E-state index contributed by atoms with van der Waals surface area (Å²) in [6.45, 7) is 2.81. The van der Waals surface area contributed by atoms with Crippen LogP contribution in [-0.2, 0) is 11.2 Å². The molecule has 0 spiro atoms. The van der Waals surface area contributed by atoms with Crippen molar-refractivity contribution in [3.8, 4) is 11.5 Å². The Kier molecular flexibility index (Phi) is 4.10. The molecule has 0 fully saturated rings. The maximum atomic E-state index is 12.1. The highest BCUT2D eigenvalue weighted by Crippen LogP contribution is 2.32. The van der Waals surface area contributed by atoms with Gasteiger partial charge in [0.2, 0.25) is 5.91 Å². The summed E-state index contributed by atoms with van der Waals surface area (Å²) < 4.78 is 10.6. The van der Waals surface area contributed by atoms with Crippen LogP contribution in [0.4, 0.5) is 0 Å². The van der Waals surface area contributed by atoms with Crippen LogP contribution >= 0.6 is 0 Å². The Hall–Kier alpha value is -1.97. The quantitative estimate of drug-likeness (QED) is 0.835. The molecule has 0 bridgehead atoms. The molecule has 1 heterocycles. The van der Waals surface area contributed by atoms with Gasteiger partial charge < -0.3 is 14.4 Å². The highest BCUT2D eigenvalue weighted by molar-refractivity contribution is 5.84. The van der Waals surface area contributed by atoms with E-state index in [1.807, 2.05) is 24.4 Å². The summed E-state index contributed by atoms with van der Waals surface area (Å²) in [5.41, 5.74) is 1.97. The SMILES string of the molecule is CCCN1C=Cc2cc(OC)c(OC)cc2CC1=O. The number of fused-ring (bicyclic) bond motifs is 1. The second-order valence-electron chi connectivity index (χ2n) is 4.49. The summed E-state index contributed by atoms with van der Waals surface area (Å²) in [6.07, 6.45) is 5.14. The minimum Gasteiger partial charge on any atom is -0.493 e. The summed E-state index contributed by atoms with van der Waals surface area (Å²) in [6, 6.07) is 3.79. The van der Waals surface area contributed by atoms with Crippen LogP contribution in [0.15, 0.2) is 18.3 Å². The average molecular weight is 261 g/mol. The molecule has 102 valence electrons. The van der Waals surface area contributed by atoms with Gasteiger partial charge in [-0.1, -0.05) is 6.92 Å². The van der Waals surface area contributed by atoms with Gasteiger partial charge in [0, 0.05) is 12.7 Å². The van der Waals surface area contributed by atoms with Crippen LogP contribution in [0.25, 0.3) is 6.08 Å². The van der Waals surface area contributed by atoms with Crippen molar-refractivity contribution in [1.82, 2.24) is 4.90 Å². The van der Waals surface area contributed by atoms with Crippen LogP contribution in [0.1, 0.15) is 24.5 Å². The molecular formula is C15H19NO3. The van der Waals surface area contributed by atoms with E-state index >= 15 is 0 Å². The van der Waals surface area contributed by atoms with Gasteiger partial charge in [0.15, 0.2) is 11.5 Å². The molecule has 1 aliphatic heterocycles. The Morgan fingerprint density at radius 2 is 1.89 bits per heavy atom. The van der Waals surface area contributed by atoms with Crippen LogP contribution < -0.4 is 9.47 Å². The number of benzene rings is 1. The van der Waals surface area contributed by atoms with E-state index in [4.69, 9.17) is 9.47 Å². The van der Waals surface area contributed by atoms with E-state index in [2.05, 4.69) is 6.92 Å².